The summed E-state index contributed by atoms with van der Waals surface area (Å²) in [4.78, 5) is 12.9. The normalized spacial score (nSPS) is 12.4. The number of carbonyl (C=O) groups excluding carboxylic acids is 1. The lowest BCUT2D eigenvalue weighted by Crippen LogP contribution is -2.17. The molecule has 11 heteroatoms. The first-order chi connectivity index (χ1) is 12.8. The van der Waals surface area contributed by atoms with Crippen molar-refractivity contribution in [1.29, 1.82) is 0 Å². The van der Waals surface area contributed by atoms with Gasteiger partial charge in [0.1, 0.15) is 0 Å². The van der Waals surface area contributed by atoms with Gasteiger partial charge in [0.15, 0.2) is 5.78 Å². The van der Waals surface area contributed by atoms with Gasteiger partial charge in [0.05, 0.1) is 21.2 Å². The lowest BCUT2D eigenvalue weighted by Gasteiger charge is -2.19. The van der Waals surface area contributed by atoms with Crippen molar-refractivity contribution in [3.63, 3.8) is 0 Å². The van der Waals surface area contributed by atoms with Gasteiger partial charge in [0.2, 0.25) is 0 Å². The molecule has 0 saturated carbocycles. The Morgan fingerprint density at radius 2 is 1.07 bits per heavy atom. The summed E-state index contributed by atoms with van der Waals surface area (Å²) in [7, 11) is 0. The van der Waals surface area contributed by atoms with Gasteiger partial charge in [-0.1, -0.05) is 55.1 Å². The van der Waals surface area contributed by atoms with E-state index >= 15 is 0 Å². The monoisotopic (exact) mass is 570 g/mol. The topological polar surface area (TPSA) is 17.1 Å². The largest absolute Gasteiger partial charge is 0.418 e. The van der Waals surface area contributed by atoms with Crippen LogP contribution in [0.2, 0.25) is 10.0 Å². The summed E-state index contributed by atoms with van der Waals surface area (Å²) in [5.41, 5.74) is -4.19. The number of hydrogen-bond donors (Lipinski definition) is 0. The predicted octanol–water partition coefficient (Wildman–Crippen LogP) is 8.05. The van der Waals surface area contributed by atoms with Crippen LogP contribution < -0.4 is 0 Å². The molecule has 0 unspecified atom stereocenters. The summed E-state index contributed by atoms with van der Waals surface area (Å²) < 4.78 is 80.2. The Hall–Kier alpha value is -0.770. The molecule has 0 atom stereocenters. The van der Waals surface area contributed by atoms with E-state index in [-0.39, 0.29) is 10.7 Å². The molecular weight excluding hydrogens is 565 g/mol. The number of ketones is 1. The minimum atomic E-state index is -4.86. The first-order valence-corrected chi connectivity index (χ1v) is 10.3. The molecule has 0 saturated heterocycles. The van der Waals surface area contributed by atoms with Crippen LogP contribution in [0, 0.1) is 0 Å². The van der Waals surface area contributed by atoms with Gasteiger partial charge in [0, 0.05) is 21.8 Å². The van der Waals surface area contributed by atoms with Crippen molar-refractivity contribution in [3.05, 3.63) is 67.7 Å². The average Bonchev–Trinajstić information content (AvgIpc) is 2.57. The van der Waals surface area contributed by atoms with Gasteiger partial charge in [-0.3, -0.25) is 4.79 Å². The van der Waals surface area contributed by atoms with Crippen molar-refractivity contribution < 1.29 is 31.1 Å². The van der Waals surface area contributed by atoms with Crippen LogP contribution in [0.4, 0.5) is 26.3 Å². The molecule has 0 N–H and O–H groups in total. The third-order valence-electron chi connectivity index (χ3n) is 3.85. The molecular formula is C17H8Br2Cl2F6O. The van der Waals surface area contributed by atoms with Gasteiger partial charge in [0.25, 0.3) is 0 Å². The molecule has 2 aromatic carbocycles. The van der Waals surface area contributed by atoms with Crippen molar-refractivity contribution >= 4 is 60.8 Å². The first kappa shape index (κ1) is 23.5. The van der Waals surface area contributed by atoms with E-state index in [1.807, 2.05) is 0 Å². The van der Waals surface area contributed by atoms with Crippen molar-refractivity contribution in [2.24, 2.45) is 0 Å². The Morgan fingerprint density at radius 3 is 1.32 bits per heavy atom. The summed E-state index contributed by atoms with van der Waals surface area (Å²) in [5.74, 6) is -1.01. The van der Waals surface area contributed by atoms with Gasteiger partial charge >= 0.3 is 12.4 Å². The highest BCUT2D eigenvalue weighted by molar-refractivity contribution is 9.08. The second kappa shape index (κ2) is 8.53. The third kappa shape index (κ3) is 4.52. The molecule has 0 aliphatic rings. The quantitative estimate of drug-likeness (QED) is 0.206. The van der Waals surface area contributed by atoms with Crippen LogP contribution in [0.1, 0.15) is 38.2 Å². The summed E-state index contributed by atoms with van der Waals surface area (Å²) >= 11 is 17.1. The summed E-state index contributed by atoms with van der Waals surface area (Å²) in [5, 5.41) is -2.00. The van der Waals surface area contributed by atoms with E-state index in [2.05, 4.69) is 31.9 Å². The zero-order valence-electron chi connectivity index (χ0n) is 13.4. The fraction of sp³-hybridized carbons (Fsp3) is 0.235. The van der Waals surface area contributed by atoms with Crippen LogP contribution in [0.3, 0.4) is 0 Å². The van der Waals surface area contributed by atoms with Gasteiger partial charge in [-0.2, -0.15) is 26.3 Å². The highest BCUT2D eigenvalue weighted by atomic mass is 79.9. The van der Waals surface area contributed by atoms with Crippen molar-refractivity contribution in [2.75, 3.05) is 0 Å². The molecule has 2 rings (SSSR count). The maximum absolute atomic E-state index is 13.4. The van der Waals surface area contributed by atoms with Gasteiger partial charge in [-0.25, -0.2) is 0 Å². The molecule has 0 fully saturated rings. The molecule has 2 aromatic rings. The minimum Gasteiger partial charge on any atom is -0.289 e. The highest BCUT2D eigenvalue weighted by Crippen LogP contribution is 2.42. The Balaban J connectivity index is 2.79. The number of rotatable bonds is 4. The molecule has 0 aliphatic carbocycles. The van der Waals surface area contributed by atoms with Crippen molar-refractivity contribution in [3.8, 4) is 0 Å². The number of halogens is 10. The van der Waals surface area contributed by atoms with E-state index in [0.29, 0.717) is 0 Å². The molecule has 0 heterocycles. The average molecular weight is 573 g/mol. The molecule has 152 valence electrons. The van der Waals surface area contributed by atoms with E-state index in [4.69, 9.17) is 23.2 Å². The molecule has 0 bridgehead atoms. The van der Waals surface area contributed by atoms with Crippen LogP contribution >= 0.6 is 55.1 Å². The fourth-order valence-electron chi connectivity index (χ4n) is 2.70. The lowest BCUT2D eigenvalue weighted by atomic mass is 9.91. The van der Waals surface area contributed by atoms with E-state index in [1.165, 1.54) is 0 Å². The van der Waals surface area contributed by atoms with Gasteiger partial charge < -0.3 is 0 Å². The first-order valence-electron chi connectivity index (χ1n) is 7.28. The Kier molecular flexibility index (Phi) is 7.17. The molecule has 0 spiro atoms. The summed E-state index contributed by atoms with van der Waals surface area (Å²) in [6, 6.07) is 3.88. The zero-order valence-corrected chi connectivity index (χ0v) is 18.1. The van der Waals surface area contributed by atoms with Crippen molar-refractivity contribution in [1.82, 2.24) is 0 Å². The van der Waals surface area contributed by atoms with Crippen LogP contribution in [0.5, 0.6) is 0 Å². The maximum atomic E-state index is 13.4. The SMILES string of the molecule is O=C(c1ccc(Cl)c(C(F)(F)F)c1CBr)c1ccc(Cl)c(C(F)(F)F)c1CBr. The summed E-state index contributed by atoms with van der Waals surface area (Å²) in [6.07, 6.45) is -9.71. The highest BCUT2D eigenvalue weighted by Gasteiger charge is 2.40. The molecule has 0 aromatic heterocycles. The predicted molar refractivity (Wildman–Crippen MR) is 102 cm³/mol. The standard InChI is InChI=1S/C17H8Br2Cl2F6O/c18-5-9-7(1-3-11(20)13(9)16(22,23)24)15(28)8-2-4-12(21)14(10(8)6-19)17(25,26)27/h1-4H,5-6H2. The Morgan fingerprint density at radius 1 is 0.750 bits per heavy atom. The fourth-order valence-corrected chi connectivity index (χ4v) is 4.43. The number of carbonyl (C=O) groups is 1. The van der Waals surface area contributed by atoms with E-state index in [0.717, 1.165) is 24.3 Å². The van der Waals surface area contributed by atoms with Gasteiger partial charge in [-0.05, 0) is 35.4 Å². The smallest absolute Gasteiger partial charge is 0.289 e. The molecule has 0 radical (unpaired) electrons. The van der Waals surface area contributed by atoms with Crippen LogP contribution in [0.25, 0.3) is 0 Å². The second-order valence-electron chi connectivity index (χ2n) is 5.49. The molecule has 1 nitrogen and oxygen atoms in total. The summed E-state index contributed by atoms with van der Waals surface area (Å²) in [6.45, 7) is 0. The zero-order chi connectivity index (χ0) is 21.4. The van der Waals surface area contributed by atoms with E-state index < -0.39 is 61.6 Å². The lowest BCUT2D eigenvalue weighted by molar-refractivity contribution is -0.138. The van der Waals surface area contributed by atoms with E-state index in [9.17, 15) is 31.1 Å². The Labute approximate surface area is 182 Å². The molecule has 28 heavy (non-hydrogen) atoms. The number of benzene rings is 2. The molecule has 0 aliphatic heterocycles. The minimum absolute atomic E-state index is 0.382. The number of alkyl halides is 8. The van der Waals surface area contributed by atoms with Gasteiger partial charge in [-0.15, -0.1) is 0 Å². The maximum Gasteiger partial charge on any atom is 0.418 e. The Bertz CT molecular complexity index is 852. The van der Waals surface area contributed by atoms with Crippen LogP contribution in [-0.2, 0) is 23.0 Å². The van der Waals surface area contributed by atoms with Crippen LogP contribution in [0.15, 0.2) is 24.3 Å². The molecule has 0 amide bonds. The van der Waals surface area contributed by atoms with Crippen molar-refractivity contribution in [2.45, 2.75) is 23.0 Å². The van der Waals surface area contributed by atoms with Crippen LogP contribution in [-0.4, -0.2) is 5.78 Å². The third-order valence-corrected chi connectivity index (χ3v) is 5.60. The number of hydrogen-bond acceptors (Lipinski definition) is 1. The second-order valence-corrected chi connectivity index (χ2v) is 7.42. The van der Waals surface area contributed by atoms with E-state index in [1.54, 1.807) is 0 Å².